The van der Waals surface area contributed by atoms with Crippen molar-refractivity contribution < 1.29 is 14.3 Å². The average Bonchev–Trinajstić information content (AvgIpc) is 2.60. The van der Waals surface area contributed by atoms with Crippen molar-refractivity contribution in [1.82, 2.24) is 0 Å². The Morgan fingerprint density at radius 1 is 1.20 bits per heavy atom. The first-order valence-electron chi connectivity index (χ1n) is 7.74. The largest absolute Gasteiger partial charge is 0.449 e. The van der Waals surface area contributed by atoms with Gasteiger partial charge in [0.05, 0.1) is 11.6 Å². The molecular weight excluding hydrogens is 316 g/mol. The molecule has 5 nitrogen and oxygen atoms in total. The molecule has 0 bridgehead atoms. The molecule has 1 N–H and O–H groups in total. The Morgan fingerprint density at radius 3 is 2.56 bits per heavy atom. The van der Waals surface area contributed by atoms with Crippen molar-refractivity contribution in [2.75, 3.05) is 5.32 Å². The molecule has 0 saturated heterocycles. The quantitative estimate of drug-likeness (QED) is 0.671. The number of nitrogens with one attached hydrogen (secondary N) is 1. The minimum atomic E-state index is -0.918. The van der Waals surface area contributed by atoms with Crippen molar-refractivity contribution in [3.8, 4) is 6.07 Å². The van der Waals surface area contributed by atoms with Gasteiger partial charge in [-0.15, -0.1) is 0 Å². The van der Waals surface area contributed by atoms with E-state index in [-0.39, 0.29) is 0 Å². The van der Waals surface area contributed by atoms with E-state index in [2.05, 4.69) is 5.32 Å². The molecule has 1 amide bonds. The SMILES string of the molecule is Cc1cccc(NC(=O)[C@@H](C)OC(=O)/C=C/c2ccc(C#N)cc2)c1. The van der Waals surface area contributed by atoms with E-state index >= 15 is 0 Å². The van der Waals surface area contributed by atoms with Gasteiger partial charge in [0.1, 0.15) is 0 Å². The van der Waals surface area contributed by atoms with E-state index in [1.165, 1.54) is 13.0 Å². The Labute approximate surface area is 146 Å². The number of hydrogen-bond acceptors (Lipinski definition) is 4. The van der Waals surface area contributed by atoms with E-state index < -0.39 is 18.0 Å². The highest BCUT2D eigenvalue weighted by atomic mass is 16.5. The predicted molar refractivity (Wildman–Crippen MR) is 95.6 cm³/mol. The molecule has 0 aliphatic heterocycles. The predicted octanol–water partition coefficient (Wildman–Crippen LogP) is 3.45. The van der Waals surface area contributed by atoms with Gasteiger partial charge in [0.15, 0.2) is 6.10 Å². The summed E-state index contributed by atoms with van der Waals surface area (Å²) < 4.78 is 5.09. The lowest BCUT2D eigenvalue weighted by atomic mass is 10.1. The number of carbonyl (C=O) groups excluding carboxylic acids is 2. The highest BCUT2D eigenvalue weighted by Crippen LogP contribution is 2.11. The summed E-state index contributed by atoms with van der Waals surface area (Å²) >= 11 is 0. The number of benzene rings is 2. The molecule has 0 saturated carbocycles. The maximum atomic E-state index is 12.1. The molecule has 2 rings (SSSR count). The van der Waals surface area contributed by atoms with Crippen molar-refractivity contribution >= 4 is 23.6 Å². The second kappa shape index (κ2) is 8.46. The van der Waals surface area contributed by atoms with Gasteiger partial charge in [0, 0.05) is 11.8 Å². The van der Waals surface area contributed by atoms with E-state index in [9.17, 15) is 9.59 Å². The fraction of sp³-hybridized carbons (Fsp3) is 0.150. The third kappa shape index (κ3) is 5.63. The normalized spacial score (nSPS) is 11.6. The summed E-state index contributed by atoms with van der Waals surface area (Å²) in [6.07, 6.45) is 1.89. The van der Waals surface area contributed by atoms with Crippen LogP contribution in [0.3, 0.4) is 0 Å². The molecule has 5 heteroatoms. The number of anilines is 1. The molecule has 0 heterocycles. The van der Waals surface area contributed by atoms with E-state index in [4.69, 9.17) is 10.00 Å². The Hall–Kier alpha value is -3.39. The van der Waals surface area contributed by atoms with Crippen LogP contribution in [-0.2, 0) is 14.3 Å². The molecule has 0 aliphatic carbocycles. The third-order valence-corrected chi connectivity index (χ3v) is 3.40. The minimum Gasteiger partial charge on any atom is -0.449 e. The fourth-order valence-electron chi connectivity index (χ4n) is 2.07. The molecular formula is C20H18N2O3. The smallest absolute Gasteiger partial charge is 0.331 e. The molecule has 2 aromatic carbocycles. The molecule has 1 atom stereocenters. The van der Waals surface area contributed by atoms with Gasteiger partial charge in [-0.1, -0.05) is 24.3 Å². The second-order valence-corrected chi connectivity index (χ2v) is 5.50. The standard InChI is InChI=1S/C20H18N2O3/c1-14-4-3-5-18(12-14)22-20(24)15(2)25-19(23)11-10-16-6-8-17(13-21)9-7-16/h3-12,15H,1-2H3,(H,22,24)/b11-10+/t15-/m1/s1. The number of amides is 1. The van der Waals surface area contributed by atoms with Crippen LogP contribution in [0.25, 0.3) is 6.08 Å². The van der Waals surface area contributed by atoms with Gasteiger partial charge in [0.25, 0.3) is 5.91 Å². The Bertz CT molecular complexity index is 833. The summed E-state index contributed by atoms with van der Waals surface area (Å²) in [6.45, 7) is 3.44. The number of nitriles is 1. The number of carbonyl (C=O) groups is 2. The number of ether oxygens (including phenoxy) is 1. The summed E-state index contributed by atoms with van der Waals surface area (Å²) in [5.74, 6) is -1.01. The van der Waals surface area contributed by atoms with E-state index in [1.807, 2.05) is 31.2 Å². The summed E-state index contributed by atoms with van der Waals surface area (Å²) in [6, 6.07) is 16.1. The topological polar surface area (TPSA) is 79.2 Å². The lowest BCUT2D eigenvalue weighted by molar-refractivity contribution is -0.148. The summed E-state index contributed by atoms with van der Waals surface area (Å²) in [4.78, 5) is 23.9. The fourth-order valence-corrected chi connectivity index (χ4v) is 2.07. The Balaban J connectivity index is 1.89. The van der Waals surface area contributed by atoms with Crippen LogP contribution < -0.4 is 5.32 Å². The Kier molecular flexibility index (Phi) is 6.08. The Morgan fingerprint density at radius 2 is 1.92 bits per heavy atom. The van der Waals surface area contributed by atoms with Crippen LogP contribution in [0.2, 0.25) is 0 Å². The molecule has 25 heavy (non-hydrogen) atoms. The van der Waals surface area contributed by atoms with Gasteiger partial charge < -0.3 is 10.1 Å². The van der Waals surface area contributed by atoms with Crippen molar-refractivity contribution in [2.45, 2.75) is 20.0 Å². The summed E-state index contributed by atoms with van der Waals surface area (Å²) in [5, 5.41) is 11.4. The second-order valence-electron chi connectivity index (χ2n) is 5.50. The molecule has 0 radical (unpaired) electrons. The van der Waals surface area contributed by atoms with Crippen LogP contribution in [0.5, 0.6) is 0 Å². The maximum Gasteiger partial charge on any atom is 0.331 e. The van der Waals surface area contributed by atoms with Gasteiger partial charge in [-0.25, -0.2) is 4.79 Å². The number of hydrogen-bond donors (Lipinski definition) is 1. The van der Waals surface area contributed by atoms with Gasteiger partial charge >= 0.3 is 5.97 Å². The molecule has 0 unspecified atom stereocenters. The van der Waals surface area contributed by atoms with E-state index in [0.717, 1.165) is 11.1 Å². The monoisotopic (exact) mass is 334 g/mol. The highest BCUT2D eigenvalue weighted by Gasteiger charge is 2.16. The molecule has 0 spiro atoms. The molecule has 126 valence electrons. The lowest BCUT2D eigenvalue weighted by Crippen LogP contribution is -2.29. The van der Waals surface area contributed by atoms with Crippen LogP contribution in [0.4, 0.5) is 5.69 Å². The van der Waals surface area contributed by atoms with Crippen molar-refractivity contribution in [1.29, 1.82) is 5.26 Å². The number of esters is 1. The van der Waals surface area contributed by atoms with Crippen LogP contribution in [0, 0.1) is 18.3 Å². The first kappa shape index (κ1) is 18.0. The van der Waals surface area contributed by atoms with Gasteiger partial charge in [-0.2, -0.15) is 5.26 Å². The molecule has 0 aromatic heterocycles. The van der Waals surface area contributed by atoms with Gasteiger partial charge in [0.2, 0.25) is 0 Å². The molecule has 0 fully saturated rings. The number of nitrogens with zero attached hydrogens (tertiary/aromatic N) is 1. The third-order valence-electron chi connectivity index (χ3n) is 3.40. The maximum absolute atomic E-state index is 12.1. The van der Waals surface area contributed by atoms with E-state index in [0.29, 0.717) is 11.3 Å². The molecule has 2 aromatic rings. The van der Waals surface area contributed by atoms with Crippen LogP contribution in [0.15, 0.2) is 54.6 Å². The first-order chi connectivity index (χ1) is 12.0. The van der Waals surface area contributed by atoms with Crippen molar-refractivity contribution in [3.63, 3.8) is 0 Å². The average molecular weight is 334 g/mol. The van der Waals surface area contributed by atoms with Crippen molar-refractivity contribution in [3.05, 3.63) is 71.3 Å². The van der Waals surface area contributed by atoms with Crippen LogP contribution in [-0.4, -0.2) is 18.0 Å². The van der Waals surface area contributed by atoms with Crippen LogP contribution in [0.1, 0.15) is 23.6 Å². The number of aryl methyl sites for hydroxylation is 1. The zero-order chi connectivity index (χ0) is 18.2. The zero-order valence-corrected chi connectivity index (χ0v) is 14.0. The van der Waals surface area contributed by atoms with Gasteiger partial charge in [-0.05, 0) is 55.3 Å². The zero-order valence-electron chi connectivity index (χ0n) is 14.0. The first-order valence-corrected chi connectivity index (χ1v) is 7.74. The van der Waals surface area contributed by atoms with E-state index in [1.54, 1.807) is 36.4 Å². The minimum absolute atomic E-state index is 0.397. The summed E-state index contributed by atoms with van der Waals surface area (Å²) in [7, 11) is 0. The van der Waals surface area contributed by atoms with Crippen molar-refractivity contribution in [2.24, 2.45) is 0 Å². The lowest BCUT2D eigenvalue weighted by Gasteiger charge is -2.12. The van der Waals surface area contributed by atoms with Crippen LogP contribution >= 0.6 is 0 Å². The molecule has 0 aliphatic rings. The highest BCUT2D eigenvalue weighted by molar-refractivity contribution is 5.96. The van der Waals surface area contributed by atoms with Gasteiger partial charge in [-0.3, -0.25) is 4.79 Å². The summed E-state index contributed by atoms with van der Waals surface area (Å²) in [5.41, 5.74) is 2.97. The number of rotatable bonds is 5.